The third-order valence-corrected chi connectivity index (χ3v) is 9.60. The number of benzene rings is 7. The Morgan fingerprint density at radius 3 is 1.89 bits per heavy atom. The Balaban J connectivity index is 1.35. The van der Waals surface area contributed by atoms with E-state index >= 15 is 0 Å². The fourth-order valence-electron chi connectivity index (χ4n) is 7.59. The summed E-state index contributed by atoms with van der Waals surface area (Å²) in [5.41, 5.74) is 6.77. The zero-order chi connectivity index (χ0) is 30.6. The summed E-state index contributed by atoms with van der Waals surface area (Å²) < 4.78 is 15.4. The Morgan fingerprint density at radius 1 is 0.468 bits per heavy atom. The molecule has 0 unspecified atom stereocenters. The normalized spacial score (nSPS) is 12.3. The number of nitrogens with zero attached hydrogens (tertiary/aromatic N) is 3. The van der Waals surface area contributed by atoms with Crippen LogP contribution in [-0.4, -0.2) is 14.5 Å². The molecule has 7 aromatic carbocycles. The first-order chi connectivity index (χ1) is 23.3. The minimum Gasteiger partial charge on any atom is -0.454 e. The molecular weight excluding hydrogens is 578 g/mol. The molecule has 0 fully saturated rings. The van der Waals surface area contributed by atoms with Crippen molar-refractivity contribution in [2.24, 2.45) is 0 Å². The van der Waals surface area contributed by atoms with Crippen LogP contribution in [0.2, 0.25) is 0 Å². The molecule has 0 aliphatic heterocycles. The predicted molar refractivity (Wildman–Crippen MR) is 191 cm³/mol. The molecular formula is C42H23N3O2. The Kier molecular flexibility index (Phi) is 4.78. The molecule has 0 spiro atoms. The number of para-hydroxylation sites is 3. The molecule has 0 saturated heterocycles. The fourth-order valence-corrected chi connectivity index (χ4v) is 7.59. The molecule has 0 saturated carbocycles. The number of furan rings is 2. The van der Waals surface area contributed by atoms with Crippen molar-refractivity contribution < 1.29 is 8.83 Å². The highest BCUT2D eigenvalue weighted by atomic mass is 16.3. The van der Waals surface area contributed by atoms with E-state index in [0.717, 1.165) is 87.5 Å². The first kappa shape index (κ1) is 24.8. The van der Waals surface area contributed by atoms with Gasteiger partial charge in [0.2, 0.25) is 11.7 Å². The van der Waals surface area contributed by atoms with E-state index in [1.807, 2.05) is 30.3 Å². The van der Waals surface area contributed by atoms with E-state index in [1.165, 1.54) is 5.39 Å². The lowest BCUT2D eigenvalue weighted by atomic mass is 9.99. The van der Waals surface area contributed by atoms with Gasteiger partial charge in [0.1, 0.15) is 16.7 Å². The lowest BCUT2D eigenvalue weighted by Gasteiger charge is -2.11. The van der Waals surface area contributed by atoms with Gasteiger partial charge in [0.25, 0.3) is 0 Å². The van der Waals surface area contributed by atoms with Gasteiger partial charge in [-0.05, 0) is 45.8 Å². The van der Waals surface area contributed by atoms with Gasteiger partial charge in [-0.3, -0.25) is 4.57 Å². The Labute approximate surface area is 266 Å². The monoisotopic (exact) mass is 601 g/mol. The number of hydrogen-bond donors (Lipinski definition) is 0. The average molecular weight is 602 g/mol. The van der Waals surface area contributed by atoms with E-state index in [1.54, 1.807) is 0 Å². The molecule has 0 atom stereocenters. The van der Waals surface area contributed by atoms with Crippen LogP contribution >= 0.6 is 0 Å². The Hall–Kier alpha value is -6.46. The fraction of sp³-hybridized carbons (Fsp3) is 0. The highest BCUT2D eigenvalue weighted by Crippen LogP contribution is 2.46. The summed E-state index contributed by atoms with van der Waals surface area (Å²) in [6, 6.07) is 48.4. The van der Waals surface area contributed by atoms with Crippen LogP contribution in [0.3, 0.4) is 0 Å². The summed E-state index contributed by atoms with van der Waals surface area (Å²) in [5, 5.41) is 11.0. The van der Waals surface area contributed by atoms with Crippen LogP contribution < -0.4 is 0 Å². The van der Waals surface area contributed by atoms with Crippen molar-refractivity contribution in [3.05, 3.63) is 140 Å². The first-order valence-corrected chi connectivity index (χ1v) is 15.8. The molecule has 4 heterocycles. The smallest absolute Gasteiger partial charge is 0.238 e. The van der Waals surface area contributed by atoms with E-state index in [4.69, 9.17) is 18.8 Å². The molecule has 4 aromatic heterocycles. The van der Waals surface area contributed by atoms with Crippen LogP contribution in [0, 0.1) is 0 Å². The number of fused-ring (bicyclic) bond motifs is 14. The quantitative estimate of drug-likeness (QED) is 0.198. The highest BCUT2D eigenvalue weighted by Gasteiger charge is 2.25. The lowest BCUT2D eigenvalue weighted by molar-refractivity contribution is 0.651. The van der Waals surface area contributed by atoms with E-state index in [-0.39, 0.29) is 0 Å². The third-order valence-electron chi connectivity index (χ3n) is 9.60. The second-order valence-electron chi connectivity index (χ2n) is 12.1. The zero-order valence-corrected chi connectivity index (χ0v) is 24.9. The molecule has 0 aliphatic carbocycles. The molecule has 5 nitrogen and oxygen atoms in total. The summed E-state index contributed by atoms with van der Waals surface area (Å²) in [5.74, 6) is 0.531. The van der Waals surface area contributed by atoms with Crippen molar-refractivity contribution in [2.75, 3.05) is 0 Å². The molecule has 47 heavy (non-hydrogen) atoms. The van der Waals surface area contributed by atoms with E-state index in [0.29, 0.717) is 11.7 Å². The minimum absolute atomic E-state index is 0.531. The first-order valence-electron chi connectivity index (χ1n) is 15.8. The van der Waals surface area contributed by atoms with E-state index in [2.05, 4.69) is 114 Å². The molecule has 5 heteroatoms. The van der Waals surface area contributed by atoms with Gasteiger partial charge in [0.15, 0.2) is 5.58 Å². The second-order valence-corrected chi connectivity index (χ2v) is 12.1. The SMILES string of the molecule is c1ccc2cc(-c3nc(-n4c5ccccc5c5c6ccccc6c6c7ccccc7oc6c54)nc4oc5ccccc5c34)ccc2c1. The van der Waals surface area contributed by atoms with E-state index < -0.39 is 0 Å². The van der Waals surface area contributed by atoms with Crippen LogP contribution in [0.5, 0.6) is 0 Å². The van der Waals surface area contributed by atoms with Gasteiger partial charge in [-0.1, -0.05) is 115 Å². The van der Waals surface area contributed by atoms with Crippen molar-refractivity contribution in [3.63, 3.8) is 0 Å². The summed E-state index contributed by atoms with van der Waals surface area (Å²) in [7, 11) is 0. The van der Waals surface area contributed by atoms with Gasteiger partial charge in [-0.15, -0.1) is 0 Å². The molecule has 0 bridgehead atoms. The second kappa shape index (κ2) is 9.05. The van der Waals surface area contributed by atoms with Gasteiger partial charge >= 0.3 is 0 Å². The van der Waals surface area contributed by atoms with E-state index in [9.17, 15) is 0 Å². The summed E-state index contributed by atoms with van der Waals surface area (Å²) in [6.07, 6.45) is 0. The lowest BCUT2D eigenvalue weighted by Crippen LogP contribution is -2.03. The van der Waals surface area contributed by atoms with Gasteiger partial charge in [0, 0.05) is 32.5 Å². The van der Waals surface area contributed by atoms with Gasteiger partial charge < -0.3 is 8.83 Å². The molecule has 218 valence electrons. The van der Waals surface area contributed by atoms with Crippen molar-refractivity contribution in [1.82, 2.24) is 14.5 Å². The molecule has 0 amide bonds. The van der Waals surface area contributed by atoms with Crippen molar-refractivity contribution >= 4 is 87.4 Å². The largest absolute Gasteiger partial charge is 0.454 e. The van der Waals surface area contributed by atoms with Crippen molar-refractivity contribution in [2.45, 2.75) is 0 Å². The Bertz CT molecular complexity index is 3090. The summed E-state index contributed by atoms with van der Waals surface area (Å²) in [4.78, 5) is 10.6. The minimum atomic E-state index is 0.531. The molecule has 0 aliphatic rings. The maximum atomic E-state index is 6.76. The third kappa shape index (κ3) is 3.32. The van der Waals surface area contributed by atoms with Crippen LogP contribution in [-0.2, 0) is 0 Å². The van der Waals surface area contributed by atoms with Crippen LogP contribution in [0.1, 0.15) is 0 Å². The topological polar surface area (TPSA) is 57.0 Å². The Morgan fingerprint density at radius 2 is 1.09 bits per heavy atom. The maximum Gasteiger partial charge on any atom is 0.238 e. The van der Waals surface area contributed by atoms with Gasteiger partial charge in [0.05, 0.1) is 16.6 Å². The van der Waals surface area contributed by atoms with Gasteiger partial charge in [-0.25, -0.2) is 4.98 Å². The molecule has 0 N–H and O–H groups in total. The van der Waals surface area contributed by atoms with Crippen molar-refractivity contribution in [3.8, 4) is 17.2 Å². The number of aromatic nitrogens is 3. The molecule has 11 rings (SSSR count). The summed E-state index contributed by atoms with van der Waals surface area (Å²) >= 11 is 0. The zero-order valence-electron chi connectivity index (χ0n) is 24.9. The van der Waals surface area contributed by atoms with Crippen LogP contribution in [0.15, 0.2) is 148 Å². The maximum absolute atomic E-state index is 6.76. The van der Waals surface area contributed by atoms with Crippen molar-refractivity contribution in [1.29, 1.82) is 0 Å². The van der Waals surface area contributed by atoms with Crippen LogP contribution in [0.25, 0.3) is 105 Å². The average Bonchev–Trinajstić information content (AvgIpc) is 3.81. The van der Waals surface area contributed by atoms with Gasteiger partial charge in [-0.2, -0.15) is 4.98 Å². The standard InChI is InChI=1S/C42H23N3O2/c1-2-12-25-23-26(22-21-24(25)11-1)38-37-31-17-7-10-20-34(31)47-41(37)44-42(43-38)45-32-18-8-5-15-29(32)35-27-13-3-4-14-28(27)36-30-16-6-9-19-33(30)46-40(36)39(35)45/h1-23H. The highest BCUT2D eigenvalue weighted by molar-refractivity contribution is 6.35. The predicted octanol–water partition coefficient (Wildman–Crippen LogP) is 11.3. The number of rotatable bonds is 2. The number of hydrogen-bond acceptors (Lipinski definition) is 4. The van der Waals surface area contributed by atoms with Crippen LogP contribution in [0.4, 0.5) is 0 Å². The summed E-state index contributed by atoms with van der Waals surface area (Å²) in [6.45, 7) is 0. The molecule has 0 radical (unpaired) electrons. The molecule has 11 aromatic rings.